The molecule has 0 rings (SSSR count). The van der Waals surface area contributed by atoms with Crippen molar-refractivity contribution in [2.24, 2.45) is 0 Å². The minimum Gasteiger partial charge on any atom is -0.390 e. The molecule has 0 saturated carbocycles. The van der Waals surface area contributed by atoms with Crippen LogP contribution in [-0.4, -0.2) is 35.5 Å². The molecule has 82 valence electrons. The van der Waals surface area contributed by atoms with Gasteiger partial charge in [-0.3, -0.25) is 9.35 Å². The van der Waals surface area contributed by atoms with Gasteiger partial charge in [-0.2, -0.15) is 8.42 Å². The van der Waals surface area contributed by atoms with E-state index in [0.717, 1.165) is 6.92 Å². The number of hydrogen-bond donors (Lipinski definition) is 3. The van der Waals surface area contributed by atoms with E-state index < -0.39 is 27.5 Å². The lowest BCUT2D eigenvalue weighted by Gasteiger charge is -2.18. The summed E-state index contributed by atoms with van der Waals surface area (Å²) in [5, 5.41) is 9.19. The Hall–Kier alpha value is -0.920. The van der Waals surface area contributed by atoms with Gasteiger partial charge in [-0.15, -0.1) is 0 Å². The second-order valence-corrected chi connectivity index (χ2v) is 4.47. The predicted octanol–water partition coefficient (Wildman–Crippen LogP) is -0.727. The molecular weight excluding hydrogens is 210 g/mol. The monoisotopic (exact) mass is 223 g/mol. The first kappa shape index (κ1) is 13.1. The Morgan fingerprint density at radius 3 is 2.14 bits per heavy atom. The van der Waals surface area contributed by atoms with E-state index >= 15 is 0 Å². The van der Waals surface area contributed by atoms with Crippen LogP contribution < -0.4 is 5.32 Å². The van der Waals surface area contributed by atoms with Crippen LogP contribution in [0.4, 0.5) is 0 Å². The van der Waals surface area contributed by atoms with E-state index in [-0.39, 0.29) is 5.57 Å². The first-order chi connectivity index (χ1) is 6.16. The molecule has 0 aromatic carbocycles. The molecule has 0 aliphatic heterocycles. The van der Waals surface area contributed by atoms with Gasteiger partial charge in [-0.05, 0) is 13.8 Å². The van der Waals surface area contributed by atoms with Crippen molar-refractivity contribution >= 4 is 16.0 Å². The average Bonchev–Trinajstić information content (AvgIpc) is 1.96. The van der Waals surface area contributed by atoms with Gasteiger partial charge in [0.25, 0.3) is 10.1 Å². The fourth-order valence-corrected chi connectivity index (χ4v) is 1.45. The van der Waals surface area contributed by atoms with Gasteiger partial charge >= 0.3 is 0 Å². The van der Waals surface area contributed by atoms with Crippen molar-refractivity contribution in [3.8, 4) is 0 Å². The third-order valence-electron chi connectivity index (χ3n) is 1.42. The molecule has 2 unspecified atom stereocenters. The molecule has 0 aromatic heterocycles. The smallest absolute Gasteiger partial charge is 0.288 e. The largest absolute Gasteiger partial charge is 0.390 e. The van der Waals surface area contributed by atoms with Crippen LogP contribution in [0.1, 0.15) is 13.8 Å². The summed E-state index contributed by atoms with van der Waals surface area (Å²) in [7, 11) is -4.52. The lowest BCUT2D eigenvalue weighted by molar-refractivity contribution is -0.118. The normalized spacial score (nSPS) is 15.7. The summed E-state index contributed by atoms with van der Waals surface area (Å²) < 4.78 is 30.0. The van der Waals surface area contributed by atoms with Crippen molar-refractivity contribution in [1.29, 1.82) is 0 Å². The van der Waals surface area contributed by atoms with Crippen molar-refractivity contribution in [3.63, 3.8) is 0 Å². The molecule has 7 heteroatoms. The van der Waals surface area contributed by atoms with Gasteiger partial charge in [-0.25, -0.2) is 0 Å². The fourth-order valence-electron chi connectivity index (χ4n) is 0.696. The van der Waals surface area contributed by atoms with Gasteiger partial charge in [0.05, 0.1) is 6.10 Å². The fraction of sp³-hybridized carbons (Fsp3) is 0.571. The second-order valence-electron chi connectivity index (χ2n) is 2.93. The first-order valence-electron chi connectivity index (χ1n) is 3.77. The van der Waals surface area contributed by atoms with Crippen LogP contribution in [-0.2, 0) is 14.9 Å². The van der Waals surface area contributed by atoms with E-state index in [2.05, 4.69) is 6.58 Å². The SMILES string of the molecule is C=C(C)C(=O)NC(C(C)O)S(=O)(=O)O. The van der Waals surface area contributed by atoms with Crippen LogP contribution in [0.2, 0.25) is 0 Å². The zero-order valence-corrected chi connectivity index (χ0v) is 8.71. The van der Waals surface area contributed by atoms with Crippen molar-refractivity contribution in [2.75, 3.05) is 0 Å². The number of carbonyl (C=O) groups is 1. The zero-order chi connectivity index (χ0) is 11.5. The number of amides is 1. The molecule has 14 heavy (non-hydrogen) atoms. The molecule has 0 fully saturated rings. The Kier molecular flexibility index (Phi) is 4.24. The number of aliphatic hydroxyl groups excluding tert-OH is 1. The van der Waals surface area contributed by atoms with Crippen molar-refractivity contribution < 1.29 is 22.9 Å². The topological polar surface area (TPSA) is 104 Å². The average molecular weight is 223 g/mol. The van der Waals surface area contributed by atoms with E-state index in [4.69, 9.17) is 9.66 Å². The maximum absolute atomic E-state index is 11.0. The summed E-state index contributed by atoms with van der Waals surface area (Å²) in [6.07, 6.45) is -1.41. The molecule has 0 spiro atoms. The predicted molar refractivity (Wildman–Crippen MR) is 50.0 cm³/mol. The molecule has 0 aliphatic carbocycles. The Balaban J connectivity index is 4.74. The summed E-state index contributed by atoms with van der Waals surface area (Å²) in [6.45, 7) is 5.79. The highest BCUT2D eigenvalue weighted by molar-refractivity contribution is 7.86. The van der Waals surface area contributed by atoms with Crippen molar-refractivity contribution in [2.45, 2.75) is 25.3 Å². The molecule has 0 radical (unpaired) electrons. The molecule has 0 aliphatic rings. The van der Waals surface area contributed by atoms with E-state index in [9.17, 15) is 13.2 Å². The molecule has 0 heterocycles. The molecule has 0 bridgehead atoms. The van der Waals surface area contributed by atoms with E-state index in [1.165, 1.54) is 6.92 Å². The Bertz CT molecular complexity index is 332. The minimum atomic E-state index is -4.52. The molecule has 1 amide bonds. The van der Waals surface area contributed by atoms with Crippen LogP contribution in [0.15, 0.2) is 12.2 Å². The van der Waals surface area contributed by atoms with Crippen molar-refractivity contribution in [1.82, 2.24) is 5.32 Å². The van der Waals surface area contributed by atoms with Crippen LogP contribution in [0, 0.1) is 0 Å². The summed E-state index contributed by atoms with van der Waals surface area (Å²) in [6, 6.07) is 0. The summed E-state index contributed by atoms with van der Waals surface area (Å²) in [5.41, 5.74) is 0.0827. The van der Waals surface area contributed by atoms with Gasteiger partial charge in [0.1, 0.15) is 0 Å². The van der Waals surface area contributed by atoms with Crippen LogP contribution >= 0.6 is 0 Å². The Morgan fingerprint density at radius 2 is 1.93 bits per heavy atom. The molecule has 6 nitrogen and oxygen atoms in total. The van der Waals surface area contributed by atoms with Crippen LogP contribution in [0.3, 0.4) is 0 Å². The van der Waals surface area contributed by atoms with E-state index in [1.807, 2.05) is 5.32 Å². The number of hydrogen-bond acceptors (Lipinski definition) is 4. The van der Waals surface area contributed by atoms with E-state index in [0.29, 0.717) is 0 Å². The van der Waals surface area contributed by atoms with Crippen LogP contribution in [0.5, 0.6) is 0 Å². The lowest BCUT2D eigenvalue weighted by Crippen LogP contribution is -2.47. The molecular formula is C7H13NO5S. The highest BCUT2D eigenvalue weighted by Gasteiger charge is 2.29. The number of aliphatic hydroxyl groups is 1. The Labute approximate surface area is 82.4 Å². The lowest BCUT2D eigenvalue weighted by atomic mass is 10.3. The minimum absolute atomic E-state index is 0.0827. The van der Waals surface area contributed by atoms with E-state index in [1.54, 1.807) is 0 Å². The maximum Gasteiger partial charge on any atom is 0.288 e. The number of nitrogens with one attached hydrogen (secondary N) is 1. The highest BCUT2D eigenvalue weighted by atomic mass is 32.2. The summed E-state index contributed by atoms with van der Waals surface area (Å²) >= 11 is 0. The van der Waals surface area contributed by atoms with Crippen LogP contribution in [0.25, 0.3) is 0 Å². The molecule has 0 saturated heterocycles. The molecule has 3 N–H and O–H groups in total. The maximum atomic E-state index is 11.0. The second kappa shape index (κ2) is 4.54. The van der Waals surface area contributed by atoms with Crippen molar-refractivity contribution in [3.05, 3.63) is 12.2 Å². The van der Waals surface area contributed by atoms with Gasteiger partial charge in [0, 0.05) is 5.57 Å². The highest BCUT2D eigenvalue weighted by Crippen LogP contribution is 2.02. The standard InChI is InChI=1S/C7H13NO5S/c1-4(2)6(10)8-7(5(3)9)14(11,12)13/h5,7,9H,1H2,2-3H3,(H,8,10)(H,11,12,13). The Morgan fingerprint density at radius 1 is 1.50 bits per heavy atom. The molecule has 2 atom stereocenters. The van der Waals surface area contributed by atoms with Gasteiger partial charge < -0.3 is 10.4 Å². The third-order valence-corrected chi connectivity index (χ3v) is 2.57. The third kappa shape index (κ3) is 3.86. The van der Waals surface area contributed by atoms with Gasteiger partial charge in [0.2, 0.25) is 5.91 Å². The first-order valence-corrected chi connectivity index (χ1v) is 5.27. The number of carbonyl (C=O) groups excluding carboxylic acids is 1. The quantitative estimate of drug-likeness (QED) is 0.431. The van der Waals surface area contributed by atoms with Gasteiger partial charge in [-0.1, -0.05) is 6.58 Å². The summed E-state index contributed by atoms with van der Waals surface area (Å²) in [4.78, 5) is 11.0. The number of rotatable bonds is 4. The molecule has 0 aromatic rings. The zero-order valence-electron chi connectivity index (χ0n) is 7.89. The van der Waals surface area contributed by atoms with Gasteiger partial charge in [0.15, 0.2) is 5.37 Å². The summed E-state index contributed by atoms with van der Waals surface area (Å²) in [5.74, 6) is -0.742.